The molecule has 1 aromatic rings. The molecule has 0 radical (unpaired) electrons. The summed E-state index contributed by atoms with van der Waals surface area (Å²) in [4.78, 5) is 4.35. The van der Waals surface area contributed by atoms with Crippen LogP contribution in [0.3, 0.4) is 0 Å². The summed E-state index contributed by atoms with van der Waals surface area (Å²) in [5, 5.41) is 3.57. The minimum Gasteiger partial charge on any atom is -0.338 e. The lowest BCUT2D eigenvalue weighted by molar-refractivity contribution is -0.0498. The van der Waals surface area contributed by atoms with Gasteiger partial charge in [-0.3, -0.25) is 0 Å². The molecule has 1 unspecified atom stereocenters. The van der Waals surface area contributed by atoms with E-state index in [2.05, 4.69) is 17.2 Å². The van der Waals surface area contributed by atoms with Gasteiger partial charge in [0.2, 0.25) is 5.92 Å². The number of rotatable bonds is 7. The van der Waals surface area contributed by atoms with Crippen LogP contribution in [0.4, 0.5) is 8.78 Å². The molecule has 2 rings (SSSR count). The summed E-state index contributed by atoms with van der Waals surface area (Å²) in [5.41, 5.74) is 0. The topological polar surface area (TPSA) is 29.9 Å². The molecule has 0 aliphatic heterocycles. The molecule has 0 bridgehead atoms. The molecule has 1 saturated carbocycles. The second kappa shape index (κ2) is 7.34. The summed E-state index contributed by atoms with van der Waals surface area (Å²) in [5.74, 6) is -0.998. The summed E-state index contributed by atoms with van der Waals surface area (Å²) in [6.07, 6.45) is 8.06. The van der Waals surface area contributed by atoms with Crippen molar-refractivity contribution in [3.05, 3.63) is 18.2 Å². The first-order chi connectivity index (χ1) is 10.0. The normalized spacial score (nSPS) is 20.6. The van der Waals surface area contributed by atoms with E-state index in [0.717, 1.165) is 31.6 Å². The van der Waals surface area contributed by atoms with Crippen LogP contribution in [0.5, 0.6) is 0 Å². The first-order valence-corrected chi connectivity index (χ1v) is 8.09. The third-order valence-corrected chi connectivity index (χ3v) is 4.59. The van der Waals surface area contributed by atoms with Crippen molar-refractivity contribution in [2.45, 2.75) is 63.8 Å². The highest BCUT2D eigenvalue weighted by Crippen LogP contribution is 2.38. The quantitative estimate of drug-likeness (QED) is 0.834. The average molecular weight is 299 g/mol. The van der Waals surface area contributed by atoms with Crippen molar-refractivity contribution in [3.8, 4) is 0 Å². The van der Waals surface area contributed by atoms with E-state index in [-0.39, 0.29) is 12.8 Å². The zero-order chi connectivity index (χ0) is 15.3. The summed E-state index contributed by atoms with van der Waals surface area (Å²) in [6, 6.07) is 0.331. The van der Waals surface area contributed by atoms with Crippen LogP contribution in [0, 0.1) is 5.92 Å². The van der Waals surface area contributed by atoms with Crippen molar-refractivity contribution in [1.82, 2.24) is 14.9 Å². The molecule has 21 heavy (non-hydrogen) atoms. The molecule has 0 saturated heterocycles. The fourth-order valence-electron chi connectivity index (χ4n) is 3.22. The molecular weight excluding hydrogens is 272 g/mol. The molecule has 5 heteroatoms. The predicted molar refractivity (Wildman–Crippen MR) is 80.5 cm³/mol. The maximum Gasteiger partial charge on any atom is 0.248 e. The van der Waals surface area contributed by atoms with Crippen LogP contribution in [0.15, 0.2) is 12.4 Å². The van der Waals surface area contributed by atoms with Crippen LogP contribution in [0.25, 0.3) is 0 Å². The van der Waals surface area contributed by atoms with Crippen LogP contribution in [-0.4, -0.2) is 28.1 Å². The molecule has 0 amide bonds. The SMILES string of the molecule is CCCNC(CCc1nccn1C)C1CCC(F)(F)CC1. The first kappa shape index (κ1) is 16.4. The van der Waals surface area contributed by atoms with Gasteiger partial charge < -0.3 is 9.88 Å². The number of hydrogen-bond acceptors (Lipinski definition) is 2. The smallest absolute Gasteiger partial charge is 0.248 e. The average Bonchev–Trinajstić information content (AvgIpc) is 2.85. The molecule has 1 N–H and O–H groups in total. The van der Waals surface area contributed by atoms with E-state index < -0.39 is 5.92 Å². The lowest BCUT2D eigenvalue weighted by Crippen LogP contribution is -2.40. The van der Waals surface area contributed by atoms with Crippen molar-refractivity contribution in [2.75, 3.05) is 6.54 Å². The summed E-state index contributed by atoms with van der Waals surface area (Å²) < 4.78 is 28.7. The third-order valence-electron chi connectivity index (χ3n) is 4.59. The number of alkyl halides is 2. The van der Waals surface area contributed by atoms with Gasteiger partial charge in [0.15, 0.2) is 0 Å². The highest BCUT2D eigenvalue weighted by atomic mass is 19.3. The van der Waals surface area contributed by atoms with Gasteiger partial charge in [-0.25, -0.2) is 13.8 Å². The number of nitrogens with one attached hydrogen (secondary N) is 1. The third kappa shape index (κ3) is 4.77. The molecule has 1 aromatic heterocycles. The molecule has 1 aliphatic rings. The van der Waals surface area contributed by atoms with Crippen LogP contribution in [0.2, 0.25) is 0 Å². The number of halogens is 2. The zero-order valence-corrected chi connectivity index (χ0v) is 13.1. The minimum atomic E-state index is -2.44. The van der Waals surface area contributed by atoms with Crippen molar-refractivity contribution < 1.29 is 8.78 Å². The van der Waals surface area contributed by atoms with Crippen LogP contribution >= 0.6 is 0 Å². The van der Waals surface area contributed by atoms with Gasteiger partial charge in [-0.1, -0.05) is 6.92 Å². The Hall–Kier alpha value is -0.970. The Bertz CT molecular complexity index is 421. The second-order valence-corrected chi connectivity index (χ2v) is 6.25. The minimum absolute atomic E-state index is 0.0460. The highest BCUT2D eigenvalue weighted by molar-refractivity contribution is 4.93. The van der Waals surface area contributed by atoms with E-state index in [1.165, 1.54) is 0 Å². The molecular formula is C16H27F2N3. The van der Waals surface area contributed by atoms with Gasteiger partial charge in [0.25, 0.3) is 0 Å². The van der Waals surface area contributed by atoms with E-state index in [0.29, 0.717) is 24.8 Å². The monoisotopic (exact) mass is 299 g/mol. The molecule has 1 fully saturated rings. The molecule has 3 nitrogen and oxygen atoms in total. The Kier molecular flexibility index (Phi) is 5.73. The number of hydrogen-bond donors (Lipinski definition) is 1. The maximum absolute atomic E-state index is 13.3. The van der Waals surface area contributed by atoms with Crippen LogP contribution in [0.1, 0.15) is 51.3 Å². The fraction of sp³-hybridized carbons (Fsp3) is 0.812. The zero-order valence-electron chi connectivity index (χ0n) is 13.1. The fourth-order valence-corrected chi connectivity index (χ4v) is 3.22. The van der Waals surface area contributed by atoms with E-state index in [1.54, 1.807) is 0 Å². The van der Waals surface area contributed by atoms with Gasteiger partial charge in [-0.05, 0) is 38.1 Å². The lowest BCUT2D eigenvalue weighted by atomic mass is 9.80. The number of imidazole rings is 1. The van der Waals surface area contributed by atoms with E-state index >= 15 is 0 Å². The Balaban J connectivity index is 1.90. The molecule has 1 heterocycles. The van der Waals surface area contributed by atoms with E-state index in [4.69, 9.17) is 0 Å². The number of nitrogens with zero attached hydrogens (tertiary/aromatic N) is 2. The molecule has 1 atom stereocenters. The van der Waals surface area contributed by atoms with E-state index in [1.807, 2.05) is 24.0 Å². The Morgan fingerprint density at radius 1 is 1.43 bits per heavy atom. The Morgan fingerprint density at radius 3 is 2.71 bits per heavy atom. The van der Waals surface area contributed by atoms with Crippen LogP contribution < -0.4 is 5.32 Å². The summed E-state index contributed by atoms with van der Waals surface area (Å²) >= 11 is 0. The number of aromatic nitrogens is 2. The molecule has 120 valence electrons. The van der Waals surface area contributed by atoms with Crippen molar-refractivity contribution in [3.63, 3.8) is 0 Å². The van der Waals surface area contributed by atoms with Crippen molar-refractivity contribution in [1.29, 1.82) is 0 Å². The largest absolute Gasteiger partial charge is 0.338 e. The standard InChI is InChI=1S/C16H27F2N3/c1-3-10-19-14(4-5-15-20-11-12-21(15)2)13-6-8-16(17,18)9-7-13/h11-14,19H,3-10H2,1-2H3. The van der Waals surface area contributed by atoms with Gasteiger partial charge in [0.1, 0.15) is 5.82 Å². The first-order valence-electron chi connectivity index (χ1n) is 8.09. The summed E-state index contributed by atoms with van der Waals surface area (Å²) in [6.45, 7) is 3.09. The van der Waals surface area contributed by atoms with Crippen molar-refractivity contribution in [2.24, 2.45) is 13.0 Å². The van der Waals surface area contributed by atoms with Gasteiger partial charge in [0.05, 0.1) is 0 Å². The highest BCUT2D eigenvalue weighted by Gasteiger charge is 2.37. The van der Waals surface area contributed by atoms with Gasteiger partial charge in [-0.15, -0.1) is 0 Å². The van der Waals surface area contributed by atoms with Gasteiger partial charge in [0, 0.05) is 44.7 Å². The van der Waals surface area contributed by atoms with E-state index in [9.17, 15) is 8.78 Å². The van der Waals surface area contributed by atoms with Crippen LogP contribution in [-0.2, 0) is 13.5 Å². The Labute approximate surface area is 126 Å². The molecule has 0 aromatic carbocycles. The van der Waals surface area contributed by atoms with Crippen molar-refractivity contribution >= 4 is 0 Å². The maximum atomic E-state index is 13.3. The Morgan fingerprint density at radius 2 is 2.14 bits per heavy atom. The predicted octanol–water partition coefficient (Wildman–Crippen LogP) is 3.55. The molecule has 1 aliphatic carbocycles. The number of aryl methyl sites for hydroxylation is 2. The van der Waals surface area contributed by atoms with Gasteiger partial charge in [-0.2, -0.15) is 0 Å². The van der Waals surface area contributed by atoms with Gasteiger partial charge >= 0.3 is 0 Å². The second-order valence-electron chi connectivity index (χ2n) is 6.25. The summed E-state index contributed by atoms with van der Waals surface area (Å²) in [7, 11) is 2.00. The molecule has 0 spiro atoms. The lowest BCUT2D eigenvalue weighted by Gasteiger charge is -2.34.